The van der Waals surface area contributed by atoms with Gasteiger partial charge in [0.1, 0.15) is 5.82 Å². The molecule has 3 atom stereocenters. The van der Waals surface area contributed by atoms with Gasteiger partial charge in [0.15, 0.2) is 6.30 Å². The Bertz CT molecular complexity index is 1280. The number of piperidine rings is 1. The van der Waals surface area contributed by atoms with Crippen LogP contribution < -0.4 is 10.2 Å². The predicted molar refractivity (Wildman–Crippen MR) is 127 cm³/mol. The lowest BCUT2D eigenvalue weighted by Crippen LogP contribution is -2.57. The van der Waals surface area contributed by atoms with Crippen molar-refractivity contribution in [1.82, 2.24) is 20.5 Å². The highest BCUT2D eigenvalue weighted by molar-refractivity contribution is 5.96. The van der Waals surface area contributed by atoms with E-state index in [0.717, 1.165) is 27.7 Å². The zero-order valence-corrected chi connectivity index (χ0v) is 18.6. The number of aromatic amines is 1. The van der Waals surface area contributed by atoms with Gasteiger partial charge in [0.25, 0.3) is 5.91 Å². The number of fused-ring (bicyclic) bond motifs is 1. The number of alkyl halides is 1. The van der Waals surface area contributed by atoms with E-state index >= 15 is 4.39 Å². The number of benzene rings is 2. The van der Waals surface area contributed by atoms with Gasteiger partial charge in [-0.05, 0) is 55.5 Å². The number of rotatable bonds is 4. The summed E-state index contributed by atoms with van der Waals surface area (Å²) in [5.41, 5.74) is 3.21. The molecule has 1 saturated heterocycles. The first-order valence-corrected chi connectivity index (χ1v) is 11.2. The molecule has 0 bridgehead atoms. The summed E-state index contributed by atoms with van der Waals surface area (Å²) in [4.78, 5) is 19.3. The first kappa shape index (κ1) is 21.1. The molecule has 168 valence electrons. The van der Waals surface area contributed by atoms with Gasteiger partial charge in [-0.15, -0.1) is 0 Å². The Morgan fingerprint density at radius 2 is 1.94 bits per heavy atom. The molecule has 0 radical (unpaired) electrons. The first-order chi connectivity index (χ1) is 16.0. The molecule has 7 heteroatoms. The fraction of sp³-hybridized carbons (Fsp3) is 0.269. The van der Waals surface area contributed by atoms with E-state index in [1.165, 1.54) is 0 Å². The molecule has 1 amide bonds. The topological polar surface area (TPSA) is 73.9 Å². The van der Waals surface area contributed by atoms with Crippen LogP contribution in [0.4, 0.5) is 10.2 Å². The summed E-state index contributed by atoms with van der Waals surface area (Å²) in [6.07, 6.45) is 0.898. The number of nitrogens with one attached hydrogen (secondary N) is 2. The third-order valence-corrected chi connectivity index (χ3v) is 6.42. The lowest BCUT2D eigenvalue weighted by atomic mass is 9.87. The monoisotopic (exact) mass is 443 g/mol. The predicted octanol–water partition coefficient (Wildman–Crippen LogP) is 4.66. The number of H-pyrrole nitrogens is 1. The molecule has 1 aliphatic heterocycles. The second kappa shape index (κ2) is 8.65. The highest BCUT2D eigenvalue weighted by Gasteiger charge is 2.42. The van der Waals surface area contributed by atoms with Crippen molar-refractivity contribution in [2.45, 2.75) is 38.5 Å². The van der Waals surface area contributed by atoms with Crippen molar-refractivity contribution in [3.63, 3.8) is 0 Å². The Labute approximate surface area is 191 Å². The van der Waals surface area contributed by atoms with Gasteiger partial charge in [-0.1, -0.05) is 36.4 Å². The number of hydrogen-bond donors (Lipinski definition) is 2. The van der Waals surface area contributed by atoms with Crippen LogP contribution in [0, 0.1) is 13.8 Å². The molecule has 0 spiro atoms. The Balaban J connectivity index is 1.53. The molecule has 0 saturated carbocycles. The second-order valence-corrected chi connectivity index (χ2v) is 8.60. The molecule has 33 heavy (non-hydrogen) atoms. The van der Waals surface area contributed by atoms with Crippen molar-refractivity contribution in [1.29, 1.82) is 0 Å². The fourth-order valence-corrected chi connectivity index (χ4v) is 4.77. The van der Waals surface area contributed by atoms with Gasteiger partial charge in [-0.25, -0.2) is 9.37 Å². The van der Waals surface area contributed by atoms with E-state index in [1.54, 1.807) is 35.4 Å². The lowest BCUT2D eigenvalue weighted by Gasteiger charge is -2.42. The number of amides is 1. The van der Waals surface area contributed by atoms with Gasteiger partial charge in [0.05, 0.1) is 11.7 Å². The van der Waals surface area contributed by atoms with Gasteiger partial charge in [-0.3, -0.25) is 9.89 Å². The zero-order valence-electron chi connectivity index (χ0n) is 18.6. The van der Waals surface area contributed by atoms with Gasteiger partial charge >= 0.3 is 0 Å². The Morgan fingerprint density at radius 3 is 2.70 bits per heavy atom. The van der Waals surface area contributed by atoms with Crippen molar-refractivity contribution in [2.24, 2.45) is 0 Å². The minimum atomic E-state index is -1.46. The molecule has 4 aromatic rings. The van der Waals surface area contributed by atoms with Crippen molar-refractivity contribution in [3.8, 4) is 0 Å². The highest BCUT2D eigenvalue weighted by atomic mass is 19.1. The number of anilines is 1. The standard InChI is InChI=1S/C26H26FN5O/c1-16-7-6-10-18-11-13-28-25(22(16)18)32-14-12-20(21-15-17(2)30-31-21)23(24(32)27)29-26(33)19-8-4-3-5-9-19/h3-11,13,15,20,23-24H,12,14H2,1-2H3,(H,29,33)(H,30,31)/t20-,23+,24-/m0/s1. The maximum Gasteiger partial charge on any atom is 0.251 e. The van der Waals surface area contributed by atoms with E-state index in [0.29, 0.717) is 24.3 Å². The van der Waals surface area contributed by atoms with E-state index in [-0.39, 0.29) is 11.8 Å². The summed E-state index contributed by atoms with van der Waals surface area (Å²) in [5.74, 6) is 0.0749. The summed E-state index contributed by atoms with van der Waals surface area (Å²) in [5, 5.41) is 12.2. The number of aromatic nitrogens is 3. The normalized spacial score (nSPS) is 20.7. The van der Waals surface area contributed by atoms with Crippen LogP contribution in [-0.4, -0.2) is 40.0 Å². The van der Waals surface area contributed by atoms with E-state index in [2.05, 4.69) is 20.5 Å². The number of carbonyl (C=O) groups excluding carboxylic acids is 1. The maximum atomic E-state index is 16.3. The van der Waals surface area contributed by atoms with E-state index < -0.39 is 12.3 Å². The summed E-state index contributed by atoms with van der Waals surface area (Å²) < 4.78 is 16.3. The van der Waals surface area contributed by atoms with Crippen LogP contribution in [0.1, 0.15) is 39.6 Å². The molecule has 1 aliphatic rings. The molecule has 2 aromatic carbocycles. The average molecular weight is 444 g/mol. The van der Waals surface area contributed by atoms with E-state index in [9.17, 15) is 4.79 Å². The number of halogens is 1. The van der Waals surface area contributed by atoms with Crippen LogP contribution in [0.2, 0.25) is 0 Å². The summed E-state index contributed by atoms with van der Waals surface area (Å²) in [7, 11) is 0. The molecule has 0 unspecified atom stereocenters. The lowest BCUT2D eigenvalue weighted by molar-refractivity contribution is 0.0872. The van der Waals surface area contributed by atoms with E-state index in [1.807, 2.05) is 50.2 Å². The number of nitrogens with zero attached hydrogens (tertiary/aromatic N) is 3. The highest BCUT2D eigenvalue weighted by Crippen LogP contribution is 2.37. The molecule has 5 rings (SSSR count). The fourth-order valence-electron chi connectivity index (χ4n) is 4.77. The molecular formula is C26H26FN5O. The first-order valence-electron chi connectivity index (χ1n) is 11.2. The number of hydrogen-bond acceptors (Lipinski definition) is 4. The number of aryl methyl sites for hydroxylation is 2. The van der Waals surface area contributed by atoms with Crippen LogP contribution in [0.3, 0.4) is 0 Å². The SMILES string of the molecule is Cc1cc([C@@H]2CCN(c3nccc4cccc(C)c34)[C@H](F)[C@@H]2NC(=O)c2ccccc2)[nH]n1. The van der Waals surface area contributed by atoms with Gasteiger partial charge in [0, 0.05) is 35.3 Å². The van der Waals surface area contributed by atoms with Crippen LogP contribution in [0.25, 0.3) is 10.8 Å². The molecule has 2 aromatic heterocycles. The number of pyridine rings is 1. The summed E-state index contributed by atoms with van der Waals surface area (Å²) in [6, 6.07) is 18.0. The summed E-state index contributed by atoms with van der Waals surface area (Å²) >= 11 is 0. The second-order valence-electron chi connectivity index (χ2n) is 8.60. The van der Waals surface area contributed by atoms with Crippen LogP contribution in [-0.2, 0) is 0 Å². The molecule has 6 nitrogen and oxygen atoms in total. The molecule has 3 heterocycles. The van der Waals surface area contributed by atoms with Gasteiger partial charge < -0.3 is 10.2 Å². The Morgan fingerprint density at radius 1 is 1.12 bits per heavy atom. The van der Waals surface area contributed by atoms with Crippen LogP contribution in [0.15, 0.2) is 66.9 Å². The average Bonchev–Trinajstić information content (AvgIpc) is 3.26. The van der Waals surface area contributed by atoms with Gasteiger partial charge in [0.2, 0.25) is 0 Å². The van der Waals surface area contributed by atoms with Crippen LogP contribution in [0.5, 0.6) is 0 Å². The molecule has 2 N–H and O–H groups in total. The minimum Gasteiger partial charge on any atom is -0.344 e. The van der Waals surface area contributed by atoms with Crippen molar-refractivity contribution in [2.75, 3.05) is 11.4 Å². The van der Waals surface area contributed by atoms with Crippen LogP contribution >= 0.6 is 0 Å². The van der Waals surface area contributed by atoms with E-state index in [4.69, 9.17) is 0 Å². The number of carbonyl (C=O) groups is 1. The van der Waals surface area contributed by atoms with Crippen molar-refractivity contribution in [3.05, 3.63) is 89.4 Å². The van der Waals surface area contributed by atoms with Crippen molar-refractivity contribution < 1.29 is 9.18 Å². The smallest absolute Gasteiger partial charge is 0.251 e. The maximum absolute atomic E-state index is 16.3. The largest absolute Gasteiger partial charge is 0.344 e. The summed E-state index contributed by atoms with van der Waals surface area (Å²) in [6.45, 7) is 4.38. The van der Waals surface area contributed by atoms with Crippen molar-refractivity contribution >= 4 is 22.5 Å². The Kier molecular flexibility index (Phi) is 5.54. The quantitative estimate of drug-likeness (QED) is 0.450. The minimum absolute atomic E-state index is 0.235. The molecule has 0 aliphatic carbocycles. The zero-order chi connectivity index (χ0) is 22.9. The molecule has 1 fully saturated rings. The van der Waals surface area contributed by atoms with Gasteiger partial charge in [-0.2, -0.15) is 5.10 Å². The molecular weight excluding hydrogens is 417 g/mol. The Hall–Kier alpha value is -3.74. The third kappa shape index (κ3) is 3.95. The third-order valence-electron chi connectivity index (χ3n) is 6.42.